The maximum atomic E-state index is 2.60. The summed E-state index contributed by atoms with van der Waals surface area (Å²) < 4.78 is 4.98. The molecular formula is C60H54N2Si. The normalized spacial score (nSPS) is 13.6. The Balaban J connectivity index is 0.994. The van der Waals surface area contributed by atoms with Gasteiger partial charge in [0.05, 0.1) is 22.1 Å². The lowest BCUT2D eigenvalue weighted by atomic mass is 9.86. The van der Waals surface area contributed by atoms with Crippen molar-refractivity contribution in [2.45, 2.75) is 78.3 Å². The minimum absolute atomic E-state index is 0.0624. The summed E-state index contributed by atoms with van der Waals surface area (Å²) in [6, 6.07) is 60.6. The van der Waals surface area contributed by atoms with Crippen molar-refractivity contribution in [3.63, 3.8) is 0 Å². The Morgan fingerprint density at radius 3 is 1.17 bits per heavy atom. The van der Waals surface area contributed by atoms with Gasteiger partial charge >= 0.3 is 0 Å². The van der Waals surface area contributed by atoms with Gasteiger partial charge in [0.25, 0.3) is 0 Å². The van der Waals surface area contributed by atoms with Crippen LogP contribution in [0.3, 0.4) is 0 Å². The van der Waals surface area contributed by atoms with Crippen LogP contribution in [0.5, 0.6) is 0 Å². The molecule has 10 aromatic rings. The number of hydrogen-bond acceptors (Lipinski definition) is 0. The van der Waals surface area contributed by atoms with Gasteiger partial charge in [-0.1, -0.05) is 150 Å². The number of aromatic nitrogens is 2. The smallest absolute Gasteiger partial charge is 0.113 e. The highest BCUT2D eigenvalue weighted by Crippen LogP contribution is 2.46. The van der Waals surface area contributed by atoms with Crippen molar-refractivity contribution >= 4 is 62.1 Å². The topological polar surface area (TPSA) is 9.86 Å². The molecular weight excluding hydrogens is 777 g/mol. The number of para-hydroxylation sites is 2. The summed E-state index contributed by atoms with van der Waals surface area (Å²) in [5.41, 5.74) is 22.0. The molecule has 2 heterocycles. The fourth-order valence-electron chi connectivity index (χ4n) is 11.4. The van der Waals surface area contributed by atoms with Crippen molar-refractivity contribution in [1.82, 2.24) is 9.13 Å². The largest absolute Gasteiger partial charge is 0.309 e. The fraction of sp³-hybridized carbons (Fsp3) is 0.200. The van der Waals surface area contributed by atoms with Gasteiger partial charge in [0.2, 0.25) is 0 Å². The monoisotopic (exact) mass is 830 g/mol. The van der Waals surface area contributed by atoms with Crippen LogP contribution in [-0.2, 0) is 23.7 Å². The molecule has 63 heavy (non-hydrogen) atoms. The molecule has 0 N–H and O–H groups in total. The van der Waals surface area contributed by atoms with E-state index in [2.05, 4.69) is 221 Å². The molecule has 2 nitrogen and oxygen atoms in total. The Labute approximate surface area is 372 Å². The van der Waals surface area contributed by atoms with Gasteiger partial charge in [-0.15, -0.1) is 0 Å². The average Bonchev–Trinajstić information content (AvgIpc) is 4.01. The fourth-order valence-corrected chi connectivity index (χ4v) is 14.7. The van der Waals surface area contributed by atoms with Crippen LogP contribution in [0.4, 0.5) is 0 Å². The van der Waals surface area contributed by atoms with Crippen LogP contribution in [-0.4, -0.2) is 17.2 Å². The molecule has 12 rings (SSSR count). The highest BCUT2D eigenvalue weighted by Gasteiger charge is 2.37. The van der Waals surface area contributed by atoms with Gasteiger partial charge in [-0.2, -0.15) is 0 Å². The number of hydrogen-bond donors (Lipinski definition) is 0. The molecule has 2 aliphatic rings. The molecule has 0 aliphatic heterocycles. The second-order valence-corrected chi connectivity index (χ2v) is 25.3. The van der Waals surface area contributed by atoms with Crippen LogP contribution in [0.1, 0.15) is 74.9 Å². The van der Waals surface area contributed by atoms with E-state index in [1.54, 1.807) is 10.4 Å². The molecule has 0 bridgehead atoms. The molecule has 2 aromatic heterocycles. The number of rotatable bonds is 4. The van der Waals surface area contributed by atoms with Crippen LogP contribution >= 0.6 is 0 Å². The summed E-state index contributed by atoms with van der Waals surface area (Å²) in [4.78, 5) is 0. The lowest BCUT2D eigenvalue weighted by Gasteiger charge is -2.29. The maximum absolute atomic E-state index is 2.60. The van der Waals surface area contributed by atoms with Crippen molar-refractivity contribution < 1.29 is 0 Å². The van der Waals surface area contributed by atoms with Gasteiger partial charge in [-0.05, 0) is 152 Å². The van der Waals surface area contributed by atoms with Crippen LogP contribution in [0, 0.1) is 0 Å². The third-order valence-corrected chi connectivity index (χ3v) is 18.4. The van der Waals surface area contributed by atoms with E-state index in [4.69, 9.17) is 0 Å². The number of nitrogens with zero attached hydrogens (tertiary/aromatic N) is 2. The second kappa shape index (κ2) is 13.3. The van der Waals surface area contributed by atoms with Gasteiger partial charge in [0.15, 0.2) is 0 Å². The summed E-state index contributed by atoms with van der Waals surface area (Å²) in [6.07, 6.45) is 1.92. The molecule has 0 unspecified atom stereocenters. The third-order valence-electron chi connectivity index (χ3n) is 14.8. The minimum atomic E-state index is -2.22. The van der Waals surface area contributed by atoms with Crippen LogP contribution < -0.4 is 10.4 Å². The van der Waals surface area contributed by atoms with E-state index in [1.807, 2.05) is 0 Å². The quantitative estimate of drug-likeness (QED) is 0.156. The van der Waals surface area contributed by atoms with Crippen molar-refractivity contribution in [2.75, 3.05) is 0 Å². The molecule has 308 valence electrons. The van der Waals surface area contributed by atoms with Crippen molar-refractivity contribution in [3.05, 3.63) is 191 Å². The molecule has 0 saturated carbocycles. The Hall–Kier alpha value is -6.42. The zero-order chi connectivity index (χ0) is 43.2. The van der Waals surface area contributed by atoms with E-state index in [0.717, 1.165) is 12.8 Å². The summed E-state index contributed by atoms with van der Waals surface area (Å²) in [5.74, 6) is 0. The predicted molar refractivity (Wildman–Crippen MR) is 272 cm³/mol. The first-order valence-electron chi connectivity index (χ1n) is 22.9. The van der Waals surface area contributed by atoms with E-state index in [-0.39, 0.29) is 10.8 Å². The molecule has 0 saturated heterocycles. The molecule has 3 heteroatoms. The molecule has 0 atom stereocenters. The van der Waals surface area contributed by atoms with E-state index in [9.17, 15) is 0 Å². The lowest BCUT2D eigenvalue weighted by molar-refractivity contribution is 0.591. The Kier molecular flexibility index (Phi) is 8.08. The van der Waals surface area contributed by atoms with Crippen LogP contribution in [0.15, 0.2) is 158 Å². The third kappa shape index (κ3) is 5.68. The van der Waals surface area contributed by atoms with Gasteiger partial charge in [-0.3, -0.25) is 0 Å². The Bertz CT molecular complexity index is 3300. The van der Waals surface area contributed by atoms with Gasteiger partial charge < -0.3 is 9.13 Å². The summed E-state index contributed by atoms with van der Waals surface area (Å²) in [6.45, 7) is 19.1. The molecule has 2 aliphatic carbocycles. The first kappa shape index (κ1) is 38.3. The Morgan fingerprint density at radius 2 is 0.778 bits per heavy atom. The standard InChI is InChI=1S/C60H54N2Si/c1-59(2,3)39-25-27-53-47(33-39)49-35-45-37(31-55(49)61(53)41-17-11-9-12-18-41)29-51-43(45)21-15-23-57(51)63(7,8)58-24-16-22-44-46-36-50-48-34-40(60(4,5)6)26-28-54(48)62(42-19-13-10-14-20-42)56(50)32-38(46)30-52(44)58/h9-28,31-36H,29-30H2,1-8H3. The molecule has 0 radical (unpaired) electrons. The highest BCUT2D eigenvalue weighted by molar-refractivity contribution is 7.01. The molecule has 0 fully saturated rings. The highest BCUT2D eigenvalue weighted by atomic mass is 28.3. The SMILES string of the molecule is CC(C)(C)c1ccc2c(c1)c1cc3c(cc1n2-c1ccccc1)Cc1c-3cccc1[Si](C)(C)c1cccc2c1Cc1cc3c(cc1-2)c1cc(C(C)(C)C)ccc1n3-c1ccccc1. The first-order valence-corrected chi connectivity index (χ1v) is 25.9. The molecule has 0 amide bonds. The lowest BCUT2D eigenvalue weighted by Crippen LogP contribution is -2.55. The maximum Gasteiger partial charge on any atom is 0.113 e. The second-order valence-electron chi connectivity index (χ2n) is 21.0. The average molecular weight is 831 g/mol. The summed E-state index contributed by atoms with van der Waals surface area (Å²) >= 11 is 0. The van der Waals surface area contributed by atoms with Crippen LogP contribution in [0.25, 0.3) is 77.2 Å². The van der Waals surface area contributed by atoms with E-state index < -0.39 is 8.07 Å². The van der Waals surface area contributed by atoms with Crippen molar-refractivity contribution in [2.24, 2.45) is 0 Å². The van der Waals surface area contributed by atoms with E-state index in [0.29, 0.717) is 0 Å². The number of benzene rings is 8. The van der Waals surface area contributed by atoms with Crippen molar-refractivity contribution in [1.29, 1.82) is 0 Å². The van der Waals surface area contributed by atoms with E-state index in [1.165, 1.54) is 111 Å². The molecule has 8 aromatic carbocycles. The summed E-state index contributed by atoms with van der Waals surface area (Å²) in [7, 11) is -2.22. The van der Waals surface area contributed by atoms with Crippen molar-refractivity contribution in [3.8, 4) is 33.6 Å². The zero-order valence-corrected chi connectivity index (χ0v) is 38.8. The van der Waals surface area contributed by atoms with Crippen LogP contribution in [0.2, 0.25) is 13.1 Å². The van der Waals surface area contributed by atoms with E-state index >= 15 is 0 Å². The van der Waals surface area contributed by atoms with Gasteiger partial charge in [0.1, 0.15) is 8.07 Å². The first-order chi connectivity index (χ1) is 30.3. The number of fused-ring (bicyclic) bond motifs is 12. The van der Waals surface area contributed by atoms with Gasteiger partial charge in [-0.25, -0.2) is 0 Å². The zero-order valence-electron chi connectivity index (χ0n) is 37.8. The molecule has 0 spiro atoms. The Morgan fingerprint density at radius 1 is 0.381 bits per heavy atom. The van der Waals surface area contributed by atoms with Gasteiger partial charge in [0, 0.05) is 32.9 Å². The summed E-state index contributed by atoms with van der Waals surface area (Å²) in [5, 5.41) is 8.47. The minimum Gasteiger partial charge on any atom is -0.309 e. The predicted octanol–water partition coefficient (Wildman–Crippen LogP) is 14.4.